The molecule has 2 heterocycles. The first-order chi connectivity index (χ1) is 16.5. The fourth-order valence-corrected chi connectivity index (χ4v) is 4.75. The van der Waals surface area contributed by atoms with Crippen molar-refractivity contribution in [3.63, 3.8) is 0 Å². The van der Waals surface area contributed by atoms with E-state index < -0.39 is 12.0 Å². The topological polar surface area (TPSA) is 80.8 Å². The SMILES string of the molecule is COc1cc2c(cc1OC)C(C(=O)NCc1ccccn1)C(c1ccc(SC)cc1)N(C)C2=O. The first kappa shape index (κ1) is 23.6. The van der Waals surface area contributed by atoms with Gasteiger partial charge in [-0.15, -0.1) is 11.8 Å². The Kier molecular flexibility index (Phi) is 7.07. The van der Waals surface area contributed by atoms with Gasteiger partial charge in [-0.1, -0.05) is 18.2 Å². The van der Waals surface area contributed by atoms with Gasteiger partial charge in [-0.2, -0.15) is 0 Å². The van der Waals surface area contributed by atoms with Crippen molar-refractivity contribution in [2.75, 3.05) is 27.5 Å². The molecule has 2 unspecified atom stereocenters. The predicted octanol–water partition coefficient (Wildman–Crippen LogP) is 4.05. The average molecular weight is 478 g/mol. The number of hydrogen-bond acceptors (Lipinski definition) is 6. The van der Waals surface area contributed by atoms with Crippen LogP contribution in [-0.4, -0.2) is 49.2 Å². The highest BCUT2D eigenvalue weighted by Gasteiger charge is 2.43. The summed E-state index contributed by atoms with van der Waals surface area (Å²) in [6.07, 6.45) is 3.70. The highest BCUT2D eigenvalue weighted by molar-refractivity contribution is 7.98. The van der Waals surface area contributed by atoms with Gasteiger partial charge >= 0.3 is 0 Å². The maximum atomic E-state index is 13.7. The van der Waals surface area contributed by atoms with E-state index >= 15 is 0 Å². The molecule has 1 aliphatic heterocycles. The number of likely N-dealkylation sites (N-methyl/N-ethyl adjacent to an activating group) is 1. The third-order valence-corrected chi connectivity index (χ3v) is 6.83. The Morgan fingerprint density at radius 3 is 2.41 bits per heavy atom. The third kappa shape index (κ3) is 4.46. The summed E-state index contributed by atoms with van der Waals surface area (Å²) in [6, 6.07) is 16.4. The molecule has 0 bridgehead atoms. The molecule has 2 aromatic carbocycles. The van der Waals surface area contributed by atoms with Gasteiger partial charge in [-0.3, -0.25) is 14.6 Å². The normalized spacial score (nSPS) is 17.2. The smallest absolute Gasteiger partial charge is 0.254 e. The number of nitrogens with zero attached hydrogens (tertiary/aromatic N) is 2. The third-order valence-electron chi connectivity index (χ3n) is 6.08. The largest absolute Gasteiger partial charge is 0.493 e. The summed E-state index contributed by atoms with van der Waals surface area (Å²) in [7, 11) is 4.79. The number of pyridine rings is 1. The van der Waals surface area contributed by atoms with Crippen LogP contribution < -0.4 is 14.8 Å². The fourth-order valence-electron chi connectivity index (χ4n) is 4.34. The van der Waals surface area contributed by atoms with E-state index in [1.165, 1.54) is 14.2 Å². The minimum absolute atomic E-state index is 0.177. The van der Waals surface area contributed by atoms with Crippen LogP contribution in [-0.2, 0) is 11.3 Å². The molecule has 0 aliphatic carbocycles. The van der Waals surface area contributed by atoms with Gasteiger partial charge in [-0.05, 0) is 53.8 Å². The molecular formula is C26H27N3O4S. The highest BCUT2D eigenvalue weighted by atomic mass is 32.2. The molecule has 0 radical (unpaired) electrons. The van der Waals surface area contributed by atoms with Gasteiger partial charge in [-0.25, -0.2) is 0 Å². The summed E-state index contributed by atoms with van der Waals surface area (Å²) in [6.45, 7) is 0.286. The van der Waals surface area contributed by atoms with Crippen LogP contribution in [0, 0.1) is 0 Å². The number of hydrogen-bond donors (Lipinski definition) is 1. The summed E-state index contributed by atoms with van der Waals surface area (Å²) in [5, 5.41) is 3.02. The number of benzene rings is 2. The van der Waals surface area contributed by atoms with Crippen LogP contribution in [0.5, 0.6) is 11.5 Å². The van der Waals surface area contributed by atoms with Crippen LogP contribution in [0.4, 0.5) is 0 Å². The molecule has 1 N–H and O–H groups in total. The molecule has 2 atom stereocenters. The molecule has 4 rings (SSSR count). The molecule has 7 nitrogen and oxygen atoms in total. The number of aromatic nitrogens is 1. The first-order valence-electron chi connectivity index (χ1n) is 10.8. The maximum Gasteiger partial charge on any atom is 0.254 e. The van der Waals surface area contributed by atoms with Gasteiger partial charge in [0.25, 0.3) is 5.91 Å². The molecule has 8 heteroatoms. The van der Waals surface area contributed by atoms with Crippen molar-refractivity contribution in [2.45, 2.75) is 23.4 Å². The molecule has 34 heavy (non-hydrogen) atoms. The summed E-state index contributed by atoms with van der Waals surface area (Å²) in [4.78, 5) is 34.2. The molecule has 1 aromatic heterocycles. The van der Waals surface area contributed by atoms with Gasteiger partial charge in [0.1, 0.15) is 0 Å². The Morgan fingerprint density at radius 1 is 1.09 bits per heavy atom. The Hall–Kier alpha value is -3.52. The van der Waals surface area contributed by atoms with E-state index in [1.807, 2.05) is 48.7 Å². The Morgan fingerprint density at radius 2 is 1.79 bits per heavy atom. The first-order valence-corrected chi connectivity index (χ1v) is 12.1. The molecule has 176 valence electrons. The van der Waals surface area contributed by atoms with E-state index in [1.54, 1.807) is 42.0 Å². The molecular weight excluding hydrogens is 450 g/mol. The van der Waals surface area contributed by atoms with Crippen molar-refractivity contribution >= 4 is 23.6 Å². The second-order valence-electron chi connectivity index (χ2n) is 7.95. The van der Waals surface area contributed by atoms with Crippen molar-refractivity contribution in [1.82, 2.24) is 15.2 Å². The van der Waals surface area contributed by atoms with Crippen LogP contribution in [0.3, 0.4) is 0 Å². The van der Waals surface area contributed by atoms with Crippen molar-refractivity contribution in [3.05, 3.63) is 83.2 Å². The standard InChI is InChI=1S/C26H27N3O4S/c1-29-24(16-8-10-18(34-4)11-9-16)23(25(30)28-15-17-7-5-6-12-27-17)19-13-21(32-2)22(33-3)14-20(19)26(29)31/h5-14,23-24H,15H2,1-4H3,(H,28,30). The molecule has 2 amide bonds. The van der Waals surface area contributed by atoms with Gasteiger partial charge in [0.05, 0.1) is 38.4 Å². The van der Waals surface area contributed by atoms with Gasteiger partial charge in [0.15, 0.2) is 11.5 Å². The number of fused-ring (bicyclic) bond motifs is 1. The Bertz CT molecular complexity index is 1180. The zero-order chi connectivity index (χ0) is 24.2. The van der Waals surface area contributed by atoms with Crippen LogP contribution in [0.2, 0.25) is 0 Å². The van der Waals surface area contributed by atoms with E-state index in [0.29, 0.717) is 22.6 Å². The van der Waals surface area contributed by atoms with E-state index in [9.17, 15) is 9.59 Å². The number of nitrogens with one attached hydrogen (secondary N) is 1. The number of ether oxygens (including phenoxy) is 2. The molecule has 1 aliphatic rings. The second-order valence-corrected chi connectivity index (χ2v) is 8.82. The monoisotopic (exact) mass is 477 g/mol. The van der Waals surface area contributed by atoms with Gasteiger partial charge in [0, 0.05) is 23.7 Å². The van der Waals surface area contributed by atoms with E-state index in [0.717, 1.165) is 16.2 Å². The number of carbonyl (C=O) groups excluding carboxylic acids is 2. The number of carbonyl (C=O) groups is 2. The summed E-state index contributed by atoms with van der Waals surface area (Å²) >= 11 is 1.64. The number of rotatable bonds is 7. The summed E-state index contributed by atoms with van der Waals surface area (Å²) in [5.41, 5.74) is 2.67. The van der Waals surface area contributed by atoms with Crippen molar-refractivity contribution in [1.29, 1.82) is 0 Å². The van der Waals surface area contributed by atoms with Crippen LogP contribution >= 0.6 is 11.8 Å². The summed E-state index contributed by atoms with van der Waals surface area (Å²) < 4.78 is 10.9. The molecule has 0 saturated heterocycles. The average Bonchev–Trinajstić information content (AvgIpc) is 2.89. The molecule has 0 fully saturated rings. The second kappa shape index (κ2) is 10.2. The maximum absolute atomic E-state index is 13.7. The van der Waals surface area contributed by atoms with Crippen LogP contribution in [0.15, 0.2) is 65.7 Å². The lowest BCUT2D eigenvalue weighted by molar-refractivity contribution is -0.124. The molecule has 3 aromatic rings. The Labute approximate surface area is 203 Å². The van der Waals surface area contributed by atoms with Crippen molar-refractivity contribution in [3.8, 4) is 11.5 Å². The number of methoxy groups -OCH3 is 2. The number of amides is 2. The van der Waals surface area contributed by atoms with E-state index in [-0.39, 0.29) is 18.4 Å². The van der Waals surface area contributed by atoms with Gasteiger partial charge in [0.2, 0.25) is 5.91 Å². The predicted molar refractivity (Wildman–Crippen MR) is 131 cm³/mol. The zero-order valence-electron chi connectivity index (χ0n) is 19.6. The van der Waals surface area contributed by atoms with Crippen LogP contribution in [0.25, 0.3) is 0 Å². The minimum atomic E-state index is -0.652. The summed E-state index contributed by atoms with van der Waals surface area (Å²) in [5.74, 6) is -0.113. The van der Waals surface area contributed by atoms with Crippen LogP contribution in [0.1, 0.15) is 39.1 Å². The van der Waals surface area contributed by atoms with E-state index in [4.69, 9.17) is 9.47 Å². The lowest BCUT2D eigenvalue weighted by atomic mass is 9.79. The van der Waals surface area contributed by atoms with Crippen molar-refractivity contribution < 1.29 is 19.1 Å². The molecule has 0 saturated carbocycles. The highest BCUT2D eigenvalue weighted by Crippen LogP contribution is 2.45. The molecule has 0 spiro atoms. The van der Waals surface area contributed by atoms with E-state index in [2.05, 4.69) is 10.3 Å². The lowest BCUT2D eigenvalue weighted by Crippen LogP contribution is -2.45. The Balaban J connectivity index is 1.80. The quantitative estimate of drug-likeness (QED) is 0.517. The van der Waals surface area contributed by atoms with Gasteiger partial charge < -0.3 is 19.7 Å². The van der Waals surface area contributed by atoms with Crippen molar-refractivity contribution in [2.24, 2.45) is 0 Å². The fraction of sp³-hybridized carbons (Fsp3) is 0.269. The lowest BCUT2D eigenvalue weighted by Gasteiger charge is -2.40. The number of thioether (sulfide) groups is 1. The zero-order valence-corrected chi connectivity index (χ0v) is 20.4. The minimum Gasteiger partial charge on any atom is -0.493 e.